The van der Waals surface area contributed by atoms with Crippen molar-refractivity contribution in [3.8, 4) is 0 Å². The third-order valence-corrected chi connectivity index (χ3v) is 3.31. The number of benzene rings is 2. The number of nitrogens with one attached hydrogen (secondary N) is 2. The van der Waals surface area contributed by atoms with E-state index in [1.165, 1.54) is 12.1 Å². The summed E-state index contributed by atoms with van der Waals surface area (Å²) in [5.41, 5.74) is 1.23. The van der Waals surface area contributed by atoms with Crippen molar-refractivity contribution in [1.29, 1.82) is 0 Å². The molecular formula is C18H18N2O4. The smallest absolute Gasteiger partial charge is 0.337 e. The van der Waals surface area contributed by atoms with Gasteiger partial charge in [0.15, 0.2) is 0 Å². The Kier molecular flexibility index (Phi) is 5.68. The van der Waals surface area contributed by atoms with Crippen molar-refractivity contribution in [2.45, 2.75) is 19.8 Å². The number of carbonyl (C=O) groups is 3. The lowest BCUT2D eigenvalue weighted by molar-refractivity contribution is -0.116. The minimum atomic E-state index is -1.11. The number of amides is 2. The number of para-hydroxylation sites is 1. The van der Waals surface area contributed by atoms with Crippen LogP contribution in [0.5, 0.6) is 0 Å². The highest BCUT2D eigenvalue weighted by Crippen LogP contribution is 2.17. The molecular weight excluding hydrogens is 308 g/mol. The molecule has 2 aromatic rings. The number of carboxylic acid groups (broad SMARTS) is 1. The van der Waals surface area contributed by atoms with E-state index in [4.69, 9.17) is 5.11 Å². The molecule has 24 heavy (non-hydrogen) atoms. The number of hydrogen-bond acceptors (Lipinski definition) is 3. The van der Waals surface area contributed by atoms with Gasteiger partial charge < -0.3 is 15.7 Å². The molecule has 0 heterocycles. The molecule has 0 aliphatic heterocycles. The zero-order valence-corrected chi connectivity index (χ0v) is 13.2. The lowest BCUT2D eigenvalue weighted by Crippen LogP contribution is -2.15. The summed E-state index contributed by atoms with van der Waals surface area (Å²) in [4.78, 5) is 34.9. The molecule has 0 saturated heterocycles. The maximum absolute atomic E-state index is 12.2. The van der Waals surface area contributed by atoms with Gasteiger partial charge in [0.25, 0.3) is 5.91 Å². The molecule has 0 radical (unpaired) electrons. The van der Waals surface area contributed by atoms with Gasteiger partial charge in [-0.2, -0.15) is 0 Å². The Morgan fingerprint density at radius 3 is 2.25 bits per heavy atom. The summed E-state index contributed by atoms with van der Waals surface area (Å²) in [6.45, 7) is 1.92. The first-order chi connectivity index (χ1) is 11.5. The van der Waals surface area contributed by atoms with Gasteiger partial charge in [0.1, 0.15) is 0 Å². The van der Waals surface area contributed by atoms with Crippen LogP contribution in [0.15, 0.2) is 48.5 Å². The first kappa shape index (κ1) is 17.2. The first-order valence-electron chi connectivity index (χ1n) is 7.55. The van der Waals surface area contributed by atoms with E-state index in [-0.39, 0.29) is 17.2 Å². The Morgan fingerprint density at radius 2 is 1.62 bits per heavy atom. The summed E-state index contributed by atoms with van der Waals surface area (Å²) in [7, 11) is 0. The molecule has 0 unspecified atom stereocenters. The van der Waals surface area contributed by atoms with Crippen molar-refractivity contribution < 1.29 is 19.5 Å². The van der Waals surface area contributed by atoms with Crippen LogP contribution in [0.3, 0.4) is 0 Å². The zero-order valence-electron chi connectivity index (χ0n) is 13.2. The molecule has 0 spiro atoms. The zero-order chi connectivity index (χ0) is 17.5. The molecule has 2 amide bonds. The summed E-state index contributed by atoms with van der Waals surface area (Å²) in [5.74, 6) is -1.61. The highest BCUT2D eigenvalue weighted by atomic mass is 16.4. The molecule has 0 fully saturated rings. The largest absolute Gasteiger partial charge is 0.478 e. The predicted octanol–water partition coefficient (Wildman–Crippen LogP) is 3.38. The van der Waals surface area contributed by atoms with E-state index >= 15 is 0 Å². The molecule has 124 valence electrons. The monoisotopic (exact) mass is 326 g/mol. The Hall–Kier alpha value is -3.15. The van der Waals surface area contributed by atoms with Crippen LogP contribution in [0.25, 0.3) is 0 Å². The van der Waals surface area contributed by atoms with E-state index in [1.807, 2.05) is 6.92 Å². The normalized spacial score (nSPS) is 10.0. The minimum absolute atomic E-state index is 0.0225. The molecule has 3 N–H and O–H groups in total. The quantitative estimate of drug-likeness (QED) is 0.758. The number of rotatable bonds is 6. The summed E-state index contributed by atoms with van der Waals surface area (Å²) >= 11 is 0. The Morgan fingerprint density at radius 1 is 0.958 bits per heavy atom. The van der Waals surface area contributed by atoms with E-state index in [0.29, 0.717) is 17.7 Å². The highest BCUT2D eigenvalue weighted by Gasteiger charge is 2.13. The van der Waals surface area contributed by atoms with Gasteiger partial charge in [-0.05, 0) is 42.8 Å². The minimum Gasteiger partial charge on any atom is -0.478 e. The van der Waals surface area contributed by atoms with Crippen LogP contribution >= 0.6 is 0 Å². The first-order valence-corrected chi connectivity index (χ1v) is 7.55. The van der Waals surface area contributed by atoms with Gasteiger partial charge >= 0.3 is 5.97 Å². The van der Waals surface area contributed by atoms with E-state index in [2.05, 4.69) is 10.6 Å². The molecule has 0 saturated carbocycles. The van der Waals surface area contributed by atoms with E-state index in [0.717, 1.165) is 6.42 Å². The summed E-state index contributed by atoms with van der Waals surface area (Å²) in [5, 5.41) is 14.4. The molecule has 0 bridgehead atoms. The maximum atomic E-state index is 12.2. The summed E-state index contributed by atoms with van der Waals surface area (Å²) in [6.07, 6.45) is 1.20. The van der Waals surface area contributed by atoms with Crippen LogP contribution < -0.4 is 10.6 Å². The van der Waals surface area contributed by atoms with E-state index in [1.54, 1.807) is 36.4 Å². The Balaban J connectivity index is 2.08. The second kappa shape index (κ2) is 7.92. The molecule has 0 aliphatic rings. The van der Waals surface area contributed by atoms with Gasteiger partial charge in [-0.3, -0.25) is 9.59 Å². The van der Waals surface area contributed by atoms with Crippen molar-refractivity contribution >= 4 is 29.2 Å². The number of carbonyl (C=O) groups excluding carboxylic acids is 2. The molecule has 2 aromatic carbocycles. The highest BCUT2D eigenvalue weighted by molar-refractivity contribution is 6.08. The Labute approximate surface area is 139 Å². The van der Waals surface area contributed by atoms with Crippen molar-refractivity contribution in [3.05, 3.63) is 59.7 Å². The third kappa shape index (κ3) is 4.42. The van der Waals surface area contributed by atoms with Crippen molar-refractivity contribution in [2.75, 3.05) is 10.6 Å². The average molecular weight is 326 g/mol. The van der Waals surface area contributed by atoms with Crippen molar-refractivity contribution in [1.82, 2.24) is 0 Å². The van der Waals surface area contributed by atoms with Gasteiger partial charge in [0, 0.05) is 17.7 Å². The summed E-state index contributed by atoms with van der Waals surface area (Å²) < 4.78 is 0. The van der Waals surface area contributed by atoms with Crippen LogP contribution in [0, 0.1) is 0 Å². The van der Waals surface area contributed by atoms with E-state index in [9.17, 15) is 14.4 Å². The number of hydrogen-bond donors (Lipinski definition) is 3. The lowest BCUT2D eigenvalue weighted by Gasteiger charge is -2.09. The average Bonchev–Trinajstić information content (AvgIpc) is 2.56. The van der Waals surface area contributed by atoms with Crippen LogP contribution in [0.2, 0.25) is 0 Å². The van der Waals surface area contributed by atoms with E-state index < -0.39 is 11.9 Å². The van der Waals surface area contributed by atoms with Crippen LogP contribution in [0.4, 0.5) is 11.4 Å². The molecule has 0 aromatic heterocycles. The number of anilines is 2. The second-order valence-electron chi connectivity index (χ2n) is 5.18. The topological polar surface area (TPSA) is 95.5 Å². The van der Waals surface area contributed by atoms with Gasteiger partial charge in [0.05, 0.1) is 11.3 Å². The Bertz CT molecular complexity index is 754. The van der Waals surface area contributed by atoms with Gasteiger partial charge in [-0.1, -0.05) is 19.1 Å². The van der Waals surface area contributed by atoms with Gasteiger partial charge in [-0.15, -0.1) is 0 Å². The molecule has 6 heteroatoms. The van der Waals surface area contributed by atoms with Crippen LogP contribution in [-0.2, 0) is 4.79 Å². The van der Waals surface area contributed by atoms with Crippen LogP contribution in [-0.4, -0.2) is 22.9 Å². The molecule has 0 aliphatic carbocycles. The fourth-order valence-electron chi connectivity index (χ4n) is 2.13. The molecule has 2 rings (SSSR count). The fourth-order valence-corrected chi connectivity index (χ4v) is 2.13. The van der Waals surface area contributed by atoms with Gasteiger partial charge in [0.2, 0.25) is 5.91 Å². The van der Waals surface area contributed by atoms with Gasteiger partial charge in [-0.25, -0.2) is 4.79 Å². The lowest BCUT2D eigenvalue weighted by atomic mass is 10.1. The maximum Gasteiger partial charge on any atom is 0.337 e. The molecule has 6 nitrogen and oxygen atoms in total. The SMILES string of the molecule is CCCC(=O)Nc1ccc(C(=O)Nc2ccccc2C(=O)O)cc1. The standard InChI is InChI=1S/C18H18N2O4/c1-2-5-16(21)19-13-10-8-12(9-11-13)17(22)20-15-7-4-3-6-14(15)18(23)24/h3-4,6-11H,2,5H2,1H3,(H,19,21)(H,20,22)(H,23,24). The third-order valence-electron chi connectivity index (χ3n) is 3.31. The fraction of sp³-hybridized carbons (Fsp3) is 0.167. The molecule has 0 atom stereocenters. The summed E-state index contributed by atoms with van der Waals surface area (Å²) in [6, 6.07) is 12.6. The van der Waals surface area contributed by atoms with Crippen molar-refractivity contribution in [3.63, 3.8) is 0 Å². The van der Waals surface area contributed by atoms with Crippen molar-refractivity contribution in [2.24, 2.45) is 0 Å². The second-order valence-corrected chi connectivity index (χ2v) is 5.18. The predicted molar refractivity (Wildman–Crippen MR) is 91.3 cm³/mol. The number of carboxylic acids is 1. The van der Waals surface area contributed by atoms with Crippen LogP contribution in [0.1, 0.15) is 40.5 Å². The number of aromatic carboxylic acids is 1.